The highest BCUT2D eigenvalue weighted by atomic mass is 15.0. The van der Waals surface area contributed by atoms with Gasteiger partial charge in [-0.25, -0.2) is 0 Å². The molecule has 0 bridgehead atoms. The first kappa shape index (κ1) is 21.5. The highest BCUT2D eigenvalue weighted by molar-refractivity contribution is 6.09. The molecule has 0 fully saturated rings. The van der Waals surface area contributed by atoms with Gasteiger partial charge in [-0.2, -0.15) is 0 Å². The second-order valence-corrected chi connectivity index (χ2v) is 8.29. The minimum absolute atomic E-state index is 0.964. The van der Waals surface area contributed by atoms with Crippen molar-refractivity contribution in [2.45, 2.75) is 32.7 Å². The quantitative estimate of drug-likeness (QED) is 0.234. The third-order valence-corrected chi connectivity index (χ3v) is 5.91. The summed E-state index contributed by atoms with van der Waals surface area (Å²) in [5, 5.41) is 2.45. The summed E-state index contributed by atoms with van der Waals surface area (Å²) in [5.41, 5.74) is 6.44. The number of hydrogen-bond acceptors (Lipinski definition) is 2. The first-order valence-corrected chi connectivity index (χ1v) is 11.7. The van der Waals surface area contributed by atoms with Crippen LogP contribution in [-0.2, 0) is 6.54 Å². The van der Waals surface area contributed by atoms with Gasteiger partial charge >= 0.3 is 0 Å². The van der Waals surface area contributed by atoms with Gasteiger partial charge in [0.05, 0.1) is 0 Å². The number of fused-ring (bicyclic) bond motifs is 3. The second-order valence-electron chi connectivity index (χ2n) is 8.29. The Morgan fingerprint density at radius 3 is 1.53 bits per heavy atom. The average Bonchev–Trinajstić information content (AvgIpc) is 3.20. The maximum Gasteiger partial charge on any atom is 0.0492 e. The maximum absolute atomic E-state index is 4.07. The van der Waals surface area contributed by atoms with E-state index in [0.717, 1.165) is 28.8 Å². The summed E-state index contributed by atoms with van der Waals surface area (Å²) >= 11 is 0. The summed E-state index contributed by atoms with van der Waals surface area (Å²) < 4.78 is 2.44. The minimum atomic E-state index is 0.964. The zero-order valence-corrected chi connectivity index (χ0v) is 19.3. The molecule has 0 aliphatic rings. The van der Waals surface area contributed by atoms with Crippen LogP contribution >= 0.6 is 0 Å². The highest BCUT2D eigenvalue weighted by Crippen LogP contribution is 2.31. The Morgan fingerprint density at radius 1 is 0.588 bits per heavy atom. The van der Waals surface area contributed by atoms with Crippen LogP contribution in [0.3, 0.4) is 0 Å². The first-order valence-electron chi connectivity index (χ1n) is 11.7. The molecule has 3 aromatic heterocycles. The number of pyridine rings is 2. The van der Waals surface area contributed by atoms with E-state index in [1.807, 2.05) is 24.3 Å². The van der Waals surface area contributed by atoms with Crippen LogP contribution in [0.15, 0.2) is 85.5 Å². The predicted molar refractivity (Wildman–Crippen MR) is 139 cm³/mol. The Bertz CT molecular complexity index is 1440. The smallest absolute Gasteiger partial charge is 0.0492 e. The first-order chi connectivity index (χ1) is 16.8. The number of rotatable bonds is 4. The van der Waals surface area contributed by atoms with Gasteiger partial charge < -0.3 is 4.57 Å². The van der Waals surface area contributed by atoms with Gasteiger partial charge in [-0.05, 0) is 67.1 Å². The molecule has 0 spiro atoms. The standard InChI is InChI=1S/C31H25N3/c1-2-3-4-21-34-30-11-9-26(7-5-24-13-17-32-18-14-24)22-28(30)29-23-27(10-12-31(29)34)8-6-25-15-19-33-20-16-25/h9-20,22-23H,2-4,21H2,1H3. The molecule has 2 aromatic carbocycles. The van der Waals surface area contributed by atoms with Crippen molar-refractivity contribution in [1.29, 1.82) is 0 Å². The molecule has 3 heteroatoms. The van der Waals surface area contributed by atoms with Crippen LogP contribution in [0.5, 0.6) is 0 Å². The van der Waals surface area contributed by atoms with Crippen molar-refractivity contribution in [2.75, 3.05) is 0 Å². The zero-order chi connectivity index (χ0) is 23.2. The fourth-order valence-corrected chi connectivity index (χ4v) is 4.18. The van der Waals surface area contributed by atoms with Gasteiger partial charge in [-0.1, -0.05) is 43.4 Å². The van der Waals surface area contributed by atoms with Crippen LogP contribution in [0.25, 0.3) is 21.8 Å². The molecule has 3 nitrogen and oxygen atoms in total. The summed E-state index contributed by atoms with van der Waals surface area (Å²) in [5.74, 6) is 13.1. The molecule has 0 aliphatic heterocycles. The van der Waals surface area contributed by atoms with Gasteiger partial charge in [-0.15, -0.1) is 0 Å². The summed E-state index contributed by atoms with van der Waals surface area (Å²) in [7, 11) is 0. The number of nitrogens with zero attached hydrogens (tertiary/aromatic N) is 3. The Balaban J connectivity index is 1.60. The SMILES string of the molecule is CCCCCn1c2ccc(C#Cc3ccncc3)cc2c2cc(C#Cc3ccncc3)ccc21. The van der Waals surface area contributed by atoms with E-state index in [0.29, 0.717) is 0 Å². The lowest BCUT2D eigenvalue weighted by Gasteiger charge is -2.07. The van der Waals surface area contributed by atoms with E-state index in [1.165, 1.54) is 41.1 Å². The van der Waals surface area contributed by atoms with Crippen LogP contribution in [0.4, 0.5) is 0 Å². The molecule has 34 heavy (non-hydrogen) atoms. The molecule has 0 amide bonds. The summed E-state index contributed by atoms with van der Waals surface area (Å²) in [4.78, 5) is 8.13. The molecule has 164 valence electrons. The maximum atomic E-state index is 4.07. The Kier molecular flexibility index (Phi) is 6.37. The summed E-state index contributed by atoms with van der Waals surface area (Å²) in [6.45, 7) is 3.26. The van der Waals surface area contributed by atoms with Crippen LogP contribution in [-0.4, -0.2) is 14.5 Å². The van der Waals surface area contributed by atoms with E-state index < -0.39 is 0 Å². The van der Waals surface area contributed by atoms with Gasteiger partial charge in [0.15, 0.2) is 0 Å². The Morgan fingerprint density at radius 2 is 1.06 bits per heavy atom. The minimum Gasteiger partial charge on any atom is -0.340 e. The molecule has 0 unspecified atom stereocenters. The largest absolute Gasteiger partial charge is 0.340 e. The third-order valence-electron chi connectivity index (χ3n) is 5.91. The fourth-order valence-electron chi connectivity index (χ4n) is 4.18. The van der Waals surface area contributed by atoms with Crippen molar-refractivity contribution in [3.05, 3.63) is 108 Å². The van der Waals surface area contributed by atoms with Crippen molar-refractivity contribution in [1.82, 2.24) is 14.5 Å². The summed E-state index contributed by atoms with van der Waals surface area (Å²) in [6.07, 6.45) is 10.7. The lowest BCUT2D eigenvalue weighted by molar-refractivity contribution is 0.627. The van der Waals surface area contributed by atoms with Crippen molar-refractivity contribution in [3.63, 3.8) is 0 Å². The number of aromatic nitrogens is 3. The van der Waals surface area contributed by atoms with Gasteiger partial charge in [-0.3, -0.25) is 9.97 Å². The molecule has 5 rings (SSSR count). The van der Waals surface area contributed by atoms with Crippen LogP contribution in [0.2, 0.25) is 0 Å². The molecular formula is C31H25N3. The summed E-state index contributed by atoms with van der Waals surface area (Å²) in [6, 6.07) is 20.8. The number of benzene rings is 2. The van der Waals surface area contributed by atoms with Crippen molar-refractivity contribution >= 4 is 21.8 Å². The predicted octanol–water partition coefficient (Wildman–Crippen LogP) is 6.57. The topological polar surface area (TPSA) is 30.7 Å². The lowest BCUT2D eigenvalue weighted by Crippen LogP contribution is -1.97. The van der Waals surface area contributed by atoms with E-state index in [1.54, 1.807) is 24.8 Å². The molecule has 0 radical (unpaired) electrons. The van der Waals surface area contributed by atoms with E-state index in [2.05, 4.69) is 81.5 Å². The van der Waals surface area contributed by atoms with Crippen LogP contribution in [0, 0.1) is 23.7 Å². The normalized spacial score (nSPS) is 10.5. The zero-order valence-electron chi connectivity index (χ0n) is 19.3. The van der Waals surface area contributed by atoms with E-state index in [-0.39, 0.29) is 0 Å². The molecular weight excluding hydrogens is 414 g/mol. The number of aryl methyl sites for hydroxylation is 1. The molecule has 0 atom stereocenters. The average molecular weight is 440 g/mol. The Labute approximate surface area is 200 Å². The third kappa shape index (κ3) is 4.70. The molecule has 0 saturated carbocycles. The Hall–Kier alpha value is -4.34. The molecule has 0 N–H and O–H groups in total. The molecule has 0 aliphatic carbocycles. The van der Waals surface area contributed by atoms with E-state index in [4.69, 9.17) is 0 Å². The lowest BCUT2D eigenvalue weighted by atomic mass is 10.1. The molecule has 0 saturated heterocycles. The molecule has 5 aromatic rings. The van der Waals surface area contributed by atoms with Crippen LogP contribution < -0.4 is 0 Å². The van der Waals surface area contributed by atoms with E-state index in [9.17, 15) is 0 Å². The van der Waals surface area contributed by atoms with Gasteiger partial charge in [0, 0.05) is 75.4 Å². The van der Waals surface area contributed by atoms with Crippen molar-refractivity contribution in [3.8, 4) is 23.7 Å². The molecule has 3 heterocycles. The van der Waals surface area contributed by atoms with Crippen molar-refractivity contribution < 1.29 is 0 Å². The van der Waals surface area contributed by atoms with Gasteiger partial charge in [0.1, 0.15) is 0 Å². The van der Waals surface area contributed by atoms with Crippen molar-refractivity contribution in [2.24, 2.45) is 0 Å². The monoisotopic (exact) mass is 439 g/mol. The number of unbranched alkanes of at least 4 members (excludes halogenated alkanes) is 2. The second kappa shape index (κ2) is 10.1. The van der Waals surface area contributed by atoms with E-state index >= 15 is 0 Å². The van der Waals surface area contributed by atoms with Gasteiger partial charge in [0.2, 0.25) is 0 Å². The van der Waals surface area contributed by atoms with Gasteiger partial charge in [0.25, 0.3) is 0 Å². The highest BCUT2D eigenvalue weighted by Gasteiger charge is 2.11. The number of hydrogen-bond donors (Lipinski definition) is 0. The fraction of sp³-hybridized carbons (Fsp3) is 0.161. The van der Waals surface area contributed by atoms with Crippen LogP contribution in [0.1, 0.15) is 48.4 Å².